The largest absolute Gasteiger partial charge is 0.314 e. The van der Waals surface area contributed by atoms with E-state index in [1.165, 1.54) is 23.8 Å². The minimum Gasteiger partial charge on any atom is -0.314 e. The second-order valence-electron chi connectivity index (χ2n) is 8.46. The number of nitrogens with zero attached hydrogens (tertiary/aromatic N) is 4. The van der Waals surface area contributed by atoms with Gasteiger partial charge in [-0.25, -0.2) is 18.0 Å². The van der Waals surface area contributed by atoms with Crippen molar-refractivity contribution in [2.24, 2.45) is 0 Å². The van der Waals surface area contributed by atoms with Crippen LogP contribution in [0.1, 0.15) is 53.9 Å². The van der Waals surface area contributed by atoms with Gasteiger partial charge in [0.25, 0.3) is 5.91 Å². The number of nitrogens with one attached hydrogen (secondary N) is 3. The molecule has 174 valence electrons. The molecule has 4 rings (SSSR count). The third kappa shape index (κ3) is 5.23. The maximum Gasteiger partial charge on any atom is 0.259 e. The van der Waals surface area contributed by atoms with Crippen LogP contribution in [0.2, 0.25) is 0 Å². The van der Waals surface area contributed by atoms with Crippen molar-refractivity contribution in [1.82, 2.24) is 18.5 Å². The lowest BCUT2D eigenvalue weighted by Gasteiger charge is -2.23. The van der Waals surface area contributed by atoms with E-state index in [4.69, 9.17) is 10.8 Å². The number of aromatic nitrogens is 1. The highest BCUT2D eigenvalue weighted by molar-refractivity contribution is 7.94. The minimum atomic E-state index is -0.579. The zero-order chi connectivity index (χ0) is 23.5. The van der Waals surface area contributed by atoms with Crippen LogP contribution in [0, 0.1) is 16.6 Å². The van der Waals surface area contributed by atoms with Crippen LogP contribution in [-0.2, 0) is 13.1 Å². The molecule has 1 aromatic heterocycles. The van der Waals surface area contributed by atoms with Crippen molar-refractivity contribution in [3.8, 4) is 0 Å². The van der Waals surface area contributed by atoms with Crippen LogP contribution in [0.4, 0.5) is 10.2 Å². The molecule has 2 aromatic rings. The van der Waals surface area contributed by atoms with Crippen LogP contribution < -0.4 is 5.32 Å². The highest BCUT2D eigenvalue weighted by atomic mass is 32.2. The fourth-order valence-electron chi connectivity index (χ4n) is 3.98. The van der Waals surface area contributed by atoms with Gasteiger partial charge in [-0.2, -0.15) is 0 Å². The van der Waals surface area contributed by atoms with E-state index in [1.54, 1.807) is 36.4 Å². The monoisotopic (exact) mass is 469 g/mol. The van der Waals surface area contributed by atoms with Crippen LogP contribution in [-0.4, -0.2) is 55.7 Å². The summed E-state index contributed by atoms with van der Waals surface area (Å²) >= 11 is 1.70. The first-order valence-electron chi connectivity index (χ1n) is 11.0. The Morgan fingerprint density at radius 1 is 1.21 bits per heavy atom. The molecule has 0 radical (unpaired) electrons. The molecule has 1 saturated heterocycles. The number of benzene rings is 1. The minimum absolute atomic E-state index is 0.0210. The van der Waals surface area contributed by atoms with E-state index in [9.17, 15) is 9.18 Å². The number of hydrogen-bond acceptors (Lipinski definition) is 7. The number of halogens is 1. The van der Waals surface area contributed by atoms with E-state index in [0.29, 0.717) is 18.8 Å². The molecule has 1 fully saturated rings. The number of rotatable bonds is 7. The van der Waals surface area contributed by atoms with E-state index in [2.05, 4.69) is 18.9 Å². The maximum atomic E-state index is 14.8. The summed E-state index contributed by atoms with van der Waals surface area (Å²) in [6.07, 6.45) is 3.49. The summed E-state index contributed by atoms with van der Waals surface area (Å²) in [5.41, 5.74) is 2.15. The predicted octanol–water partition coefficient (Wildman–Crippen LogP) is 4.09. The molecule has 1 aromatic carbocycles. The SMILES string of the molecule is CC(C)N(C=N)C(=N)c1cccc(NC(=O)c2cc3c(cc2F)CN(SN2CCCC2)C3)n1. The summed E-state index contributed by atoms with van der Waals surface area (Å²) in [4.78, 5) is 18.6. The zero-order valence-electron chi connectivity index (χ0n) is 18.8. The number of anilines is 1. The molecular weight excluding hydrogens is 441 g/mol. The van der Waals surface area contributed by atoms with Gasteiger partial charge in [0.05, 0.1) is 11.9 Å². The van der Waals surface area contributed by atoms with Gasteiger partial charge in [-0.05, 0) is 62.1 Å². The van der Waals surface area contributed by atoms with E-state index < -0.39 is 11.7 Å². The molecular formula is C23H28FN7OS. The molecule has 0 atom stereocenters. The number of pyridine rings is 1. The highest BCUT2D eigenvalue weighted by Crippen LogP contribution is 2.33. The summed E-state index contributed by atoms with van der Waals surface area (Å²) in [6.45, 7) is 7.19. The average Bonchev–Trinajstić information content (AvgIpc) is 3.42. The number of carbonyl (C=O) groups excluding carboxylic acids is 1. The van der Waals surface area contributed by atoms with Crippen molar-refractivity contribution in [2.45, 2.75) is 45.8 Å². The number of amides is 1. The molecule has 3 heterocycles. The first kappa shape index (κ1) is 23.3. The smallest absolute Gasteiger partial charge is 0.259 e. The van der Waals surface area contributed by atoms with Crippen molar-refractivity contribution in [2.75, 3.05) is 18.4 Å². The molecule has 1 amide bonds. The Bertz CT molecular complexity index is 1070. The second-order valence-corrected chi connectivity index (χ2v) is 9.65. The number of carbonyl (C=O) groups is 1. The van der Waals surface area contributed by atoms with Crippen LogP contribution in [0.3, 0.4) is 0 Å². The van der Waals surface area contributed by atoms with Crippen molar-refractivity contribution in [3.63, 3.8) is 0 Å². The molecule has 0 spiro atoms. The van der Waals surface area contributed by atoms with Gasteiger partial charge < -0.3 is 10.2 Å². The Kier molecular flexibility index (Phi) is 7.06. The normalized spacial score (nSPS) is 16.1. The lowest BCUT2D eigenvalue weighted by Crippen LogP contribution is -2.36. The fourth-order valence-corrected chi connectivity index (χ4v) is 5.12. The molecule has 0 bridgehead atoms. The maximum absolute atomic E-state index is 14.8. The van der Waals surface area contributed by atoms with Crippen LogP contribution in [0.25, 0.3) is 0 Å². The first-order valence-corrected chi connectivity index (χ1v) is 11.7. The van der Waals surface area contributed by atoms with Crippen LogP contribution in [0.5, 0.6) is 0 Å². The molecule has 2 aliphatic heterocycles. The van der Waals surface area contributed by atoms with Gasteiger partial charge in [-0.3, -0.25) is 15.6 Å². The van der Waals surface area contributed by atoms with Gasteiger partial charge in [-0.1, -0.05) is 6.07 Å². The van der Waals surface area contributed by atoms with Crippen molar-refractivity contribution in [1.29, 1.82) is 10.8 Å². The van der Waals surface area contributed by atoms with Gasteiger partial charge in [0, 0.05) is 44.4 Å². The van der Waals surface area contributed by atoms with Crippen LogP contribution >= 0.6 is 12.1 Å². The number of hydrogen-bond donors (Lipinski definition) is 3. The Labute approximate surface area is 197 Å². The van der Waals surface area contributed by atoms with Crippen molar-refractivity contribution in [3.05, 3.63) is 58.5 Å². The van der Waals surface area contributed by atoms with E-state index in [1.807, 2.05) is 13.8 Å². The molecule has 0 unspecified atom stereocenters. The third-order valence-corrected chi connectivity index (χ3v) is 6.80. The van der Waals surface area contributed by atoms with E-state index in [0.717, 1.165) is 30.6 Å². The van der Waals surface area contributed by atoms with E-state index >= 15 is 0 Å². The Balaban J connectivity index is 1.46. The molecule has 0 aliphatic carbocycles. The predicted molar refractivity (Wildman–Crippen MR) is 129 cm³/mol. The third-order valence-electron chi connectivity index (χ3n) is 5.71. The van der Waals surface area contributed by atoms with Gasteiger partial charge >= 0.3 is 0 Å². The Hall–Kier alpha value is -2.82. The summed E-state index contributed by atoms with van der Waals surface area (Å²) in [5, 5.41) is 18.5. The van der Waals surface area contributed by atoms with Crippen molar-refractivity contribution < 1.29 is 9.18 Å². The number of fused-ring (bicyclic) bond motifs is 1. The number of amidine groups is 1. The quantitative estimate of drug-likeness (QED) is 0.321. The molecule has 33 heavy (non-hydrogen) atoms. The van der Waals surface area contributed by atoms with Gasteiger partial charge in [0.2, 0.25) is 0 Å². The molecule has 2 aliphatic rings. The summed E-state index contributed by atoms with van der Waals surface area (Å²) in [7, 11) is 0. The molecule has 3 N–H and O–H groups in total. The summed E-state index contributed by atoms with van der Waals surface area (Å²) < 4.78 is 19.3. The lowest BCUT2D eigenvalue weighted by molar-refractivity contribution is 0.102. The van der Waals surface area contributed by atoms with Gasteiger partial charge in [0.1, 0.15) is 17.3 Å². The standard InChI is InChI=1S/C23H28FN7OS/c1-15(2)31(14-25)22(26)20-6-5-7-21(27-20)28-23(32)18-10-16-12-30(13-17(16)11-19(18)24)33-29-8-3-4-9-29/h5-7,10-11,14-15,25-26H,3-4,8-9,12-13H2,1-2H3,(H,27,28,32). The molecule has 8 nitrogen and oxygen atoms in total. The molecule has 0 saturated carbocycles. The first-order chi connectivity index (χ1) is 15.9. The van der Waals surface area contributed by atoms with E-state index in [-0.39, 0.29) is 23.3 Å². The van der Waals surface area contributed by atoms with Crippen molar-refractivity contribution >= 4 is 36.0 Å². The zero-order valence-corrected chi connectivity index (χ0v) is 19.6. The summed E-state index contributed by atoms with van der Waals surface area (Å²) in [5.74, 6) is -0.861. The van der Waals surface area contributed by atoms with Crippen LogP contribution in [0.15, 0.2) is 30.3 Å². The Morgan fingerprint density at radius 3 is 2.58 bits per heavy atom. The van der Waals surface area contributed by atoms with Gasteiger partial charge in [-0.15, -0.1) is 0 Å². The highest BCUT2D eigenvalue weighted by Gasteiger charge is 2.26. The lowest BCUT2D eigenvalue weighted by atomic mass is 10.1. The van der Waals surface area contributed by atoms with Gasteiger partial charge in [0.15, 0.2) is 5.84 Å². The second kappa shape index (κ2) is 9.98. The molecule has 10 heteroatoms. The topological polar surface area (TPSA) is 99.4 Å². The Morgan fingerprint density at radius 2 is 1.91 bits per heavy atom. The fraction of sp³-hybridized carbons (Fsp3) is 0.391. The average molecular weight is 470 g/mol. The summed E-state index contributed by atoms with van der Waals surface area (Å²) in [6, 6.07) is 7.91.